The Morgan fingerprint density at radius 3 is 2.23 bits per heavy atom. The molecule has 6 nitrogen and oxygen atoms in total. The Balaban J connectivity index is 1.47. The maximum atomic E-state index is 12.2. The zero-order valence-electron chi connectivity index (χ0n) is 17.7. The quantitative estimate of drug-likeness (QED) is 0.474. The number of urea groups is 1. The van der Waals surface area contributed by atoms with Gasteiger partial charge in [-0.25, -0.2) is 4.79 Å². The molecule has 0 saturated carbocycles. The van der Waals surface area contributed by atoms with E-state index < -0.39 is 0 Å². The van der Waals surface area contributed by atoms with E-state index in [0.717, 1.165) is 23.2 Å². The molecule has 0 spiro atoms. The molecule has 3 aromatic carbocycles. The summed E-state index contributed by atoms with van der Waals surface area (Å²) >= 11 is 0. The van der Waals surface area contributed by atoms with Crippen LogP contribution in [-0.2, 0) is 11.2 Å². The summed E-state index contributed by atoms with van der Waals surface area (Å²) in [4.78, 5) is 24.3. The van der Waals surface area contributed by atoms with E-state index in [2.05, 4.69) is 22.9 Å². The van der Waals surface area contributed by atoms with Crippen LogP contribution in [0.25, 0.3) is 0 Å². The first kappa shape index (κ1) is 21.9. The van der Waals surface area contributed by atoms with Crippen LogP contribution in [0.2, 0.25) is 0 Å². The number of benzene rings is 3. The third-order valence-electron chi connectivity index (χ3n) is 4.75. The molecule has 0 fully saturated rings. The van der Waals surface area contributed by atoms with Crippen molar-refractivity contribution >= 4 is 23.3 Å². The molecule has 1 atom stereocenters. The molecule has 0 unspecified atom stereocenters. The lowest BCUT2D eigenvalue weighted by Gasteiger charge is -2.16. The van der Waals surface area contributed by atoms with Crippen LogP contribution in [0, 0.1) is 0 Å². The number of hydrogen-bond acceptors (Lipinski definition) is 3. The van der Waals surface area contributed by atoms with Crippen LogP contribution in [0.5, 0.6) is 5.75 Å². The van der Waals surface area contributed by atoms with Crippen molar-refractivity contribution < 1.29 is 14.3 Å². The van der Waals surface area contributed by atoms with Gasteiger partial charge in [-0.05, 0) is 60.9 Å². The molecule has 160 valence electrons. The normalized spacial score (nSPS) is 11.3. The Labute approximate surface area is 182 Å². The van der Waals surface area contributed by atoms with E-state index in [-0.39, 0.29) is 24.6 Å². The van der Waals surface area contributed by atoms with Crippen molar-refractivity contribution in [3.63, 3.8) is 0 Å². The van der Waals surface area contributed by atoms with E-state index in [9.17, 15) is 9.59 Å². The average molecular weight is 418 g/mol. The van der Waals surface area contributed by atoms with Crippen molar-refractivity contribution in [1.82, 2.24) is 5.32 Å². The first-order valence-corrected chi connectivity index (χ1v) is 10.3. The minimum atomic E-state index is -0.315. The number of rotatable bonds is 8. The van der Waals surface area contributed by atoms with Gasteiger partial charge in [-0.1, -0.05) is 49.4 Å². The molecule has 3 amide bonds. The van der Waals surface area contributed by atoms with Crippen molar-refractivity contribution in [2.24, 2.45) is 0 Å². The number of anilines is 2. The summed E-state index contributed by atoms with van der Waals surface area (Å²) in [6.45, 7) is 3.93. The number of hydrogen-bond donors (Lipinski definition) is 3. The third kappa shape index (κ3) is 6.89. The van der Waals surface area contributed by atoms with E-state index in [4.69, 9.17) is 4.74 Å². The number of amides is 3. The van der Waals surface area contributed by atoms with Crippen LogP contribution in [-0.4, -0.2) is 18.5 Å². The van der Waals surface area contributed by atoms with Gasteiger partial charge in [0, 0.05) is 11.4 Å². The fourth-order valence-corrected chi connectivity index (χ4v) is 3.04. The fraction of sp³-hybridized carbons (Fsp3) is 0.200. The average Bonchev–Trinajstić information content (AvgIpc) is 2.79. The monoisotopic (exact) mass is 417 g/mol. The van der Waals surface area contributed by atoms with Crippen LogP contribution in [0.3, 0.4) is 0 Å². The Morgan fingerprint density at radius 2 is 1.55 bits per heavy atom. The van der Waals surface area contributed by atoms with Gasteiger partial charge in [0.05, 0.1) is 6.04 Å². The van der Waals surface area contributed by atoms with E-state index in [1.807, 2.05) is 73.7 Å². The topological polar surface area (TPSA) is 79.5 Å². The Hall–Kier alpha value is -3.80. The molecule has 0 aliphatic heterocycles. The first-order chi connectivity index (χ1) is 15.0. The molecule has 0 bridgehead atoms. The molecule has 0 aliphatic carbocycles. The summed E-state index contributed by atoms with van der Waals surface area (Å²) in [5.74, 6) is 0.491. The molecule has 6 heteroatoms. The zero-order chi connectivity index (χ0) is 22.1. The van der Waals surface area contributed by atoms with Crippen molar-refractivity contribution in [3.05, 3.63) is 90.0 Å². The van der Waals surface area contributed by atoms with Gasteiger partial charge in [0.15, 0.2) is 6.61 Å². The lowest BCUT2D eigenvalue weighted by atomic mass is 10.1. The maximum absolute atomic E-state index is 12.2. The summed E-state index contributed by atoms with van der Waals surface area (Å²) in [6.07, 6.45) is 0.916. The van der Waals surface area contributed by atoms with Gasteiger partial charge >= 0.3 is 6.03 Å². The van der Waals surface area contributed by atoms with E-state index in [1.165, 1.54) is 0 Å². The minimum Gasteiger partial charge on any atom is -0.484 e. The Morgan fingerprint density at radius 1 is 0.871 bits per heavy atom. The number of para-hydroxylation sites is 1. The van der Waals surface area contributed by atoms with Gasteiger partial charge in [0.25, 0.3) is 5.91 Å². The second kappa shape index (κ2) is 10.8. The SMILES string of the molecule is CCc1cccc(OCC(=O)N[C@H](C)c2ccc(NC(=O)Nc3ccccc3)cc2)c1. The molecule has 0 saturated heterocycles. The van der Waals surface area contributed by atoms with E-state index in [0.29, 0.717) is 11.4 Å². The number of carbonyl (C=O) groups is 2. The molecule has 31 heavy (non-hydrogen) atoms. The van der Waals surface area contributed by atoms with Crippen molar-refractivity contribution in [2.45, 2.75) is 26.3 Å². The van der Waals surface area contributed by atoms with Gasteiger partial charge in [-0.15, -0.1) is 0 Å². The summed E-state index contributed by atoms with van der Waals surface area (Å²) in [5, 5.41) is 8.48. The summed E-state index contributed by atoms with van der Waals surface area (Å²) in [5.41, 5.74) is 3.47. The van der Waals surface area contributed by atoms with Gasteiger partial charge in [0.2, 0.25) is 0 Å². The number of carbonyl (C=O) groups excluding carboxylic acids is 2. The molecule has 0 radical (unpaired) electrons. The number of ether oxygens (including phenoxy) is 1. The smallest absolute Gasteiger partial charge is 0.323 e. The summed E-state index contributed by atoms with van der Waals surface area (Å²) < 4.78 is 5.59. The van der Waals surface area contributed by atoms with Gasteiger partial charge < -0.3 is 20.7 Å². The van der Waals surface area contributed by atoms with Crippen molar-refractivity contribution in [3.8, 4) is 5.75 Å². The van der Waals surface area contributed by atoms with Gasteiger partial charge in [-0.2, -0.15) is 0 Å². The lowest BCUT2D eigenvalue weighted by Crippen LogP contribution is -2.31. The predicted octanol–water partition coefficient (Wildman–Crippen LogP) is 5.15. The second-order valence-electron chi connectivity index (χ2n) is 7.15. The predicted molar refractivity (Wildman–Crippen MR) is 123 cm³/mol. The third-order valence-corrected chi connectivity index (χ3v) is 4.75. The fourth-order valence-electron chi connectivity index (χ4n) is 3.04. The molecule has 3 N–H and O–H groups in total. The molecule has 3 rings (SSSR count). The van der Waals surface area contributed by atoms with E-state index >= 15 is 0 Å². The van der Waals surface area contributed by atoms with Gasteiger partial charge in [0.1, 0.15) is 5.75 Å². The summed E-state index contributed by atoms with van der Waals surface area (Å²) in [6, 6.07) is 23.8. The van der Waals surface area contributed by atoms with Crippen molar-refractivity contribution in [2.75, 3.05) is 17.2 Å². The maximum Gasteiger partial charge on any atom is 0.323 e. The largest absolute Gasteiger partial charge is 0.484 e. The Kier molecular flexibility index (Phi) is 7.65. The highest BCUT2D eigenvalue weighted by atomic mass is 16.5. The second-order valence-corrected chi connectivity index (χ2v) is 7.15. The van der Waals surface area contributed by atoms with E-state index in [1.54, 1.807) is 12.1 Å². The standard InChI is InChI=1S/C25H27N3O3/c1-3-19-8-7-11-23(16-19)31-17-24(29)26-18(2)20-12-14-22(15-13-20)28-25(30)27-21-9-5-4-6-10-21/h4-16,18H,3,17H2,1-2H3,(H,26,29)(H2,27,28,30)/t18-/m1/s1. The summed E-state index contributed by atoms with van der Waals surface area (Å²) in [7, 11) is 0. The highest BCUT2D eigenvalue weighted by Crippen LogP contribution is 2.17. The molecule has 0 heterocycles. The Bertz CT molecular complexity index is 1000. The van der Waals surface area contributed by atoms with Crippen LogP contribution < -0.4 is 20.7 Å². The van der Waals surface area contributed by atoms with Crippen LogP contribution in [0.1, 0.15) is 31.0 Å². The zero-order valence-corrected chi connectivity index (χ0v) is 17.7. The number of nitrogens with one attached hydrogen (secondary N) is 3. The highest BCUT2D eigenvalue weighted by Gasteiger charge is 2.11. The van der Waals surface area contributed by atoms with Crippen LogP contribution >= 0.6 is 0 Å². The van der Waals surface area contributed by atoms with Crippen molar-refractivity contribution in [1.29, 1.82) is 0 Å². The molecule has 3 aromatic rings. The molecular weight excluding hydrogens is 390 g/mol. The highest BCUT2D eigenvalue weighted by molar-refractivity contribution is 5.99. The van der Waals surface area contributed by atoms with Crippen LogP contribution in [0.4, 0.5) is 16.2 Å². The first-order valence-electron chi connectivity index (χ1n) is 10.3. The molecule has 0 aliphatic rings. The van der Waals surface area contributed by atoms with Crippen LogP contribution in [0.15, 0.2) is 78.9 Å². The molecule has 0 aromatic heterocycles. The van der Waals surface area contributed by atoms with Gasteiger partial charge in [-0.3, -0.25) is 4.79 Å². The molecular formula is C25H27N3O3. The lowest BCUT2D eigenvalue weighted by molar-refractivity contribution is -0.123. The minimum absolute atomic E-state index is 0.0448. The number of aryl methyl sites for hydroxylation is 1.